The molecule has 0 saturated carbocycles. The highest BCUT2D eigenvalue weighted by molar-refractivity contribution is 7.89. The van der Waals surface area contributed by atoms with Crippen molar-refractivity contribution in [2.75, 3.05) is 18.4 Å². The van der Waals surface area contributed by atoms with E-state index >= 15 is 0 Å². The van der Waals surface area contributed by atoms with Gasteiger partial charge in [0.2, 0.25) is 0 Å². The molecule has 2 aromatic carbocycles. The fourth-order valence-electron chi connectivity index (χ4n) is 3.76. The van der Waals surface area contributed by atoms with Crippen molar-refractivity contribution >= 4 is 15.7 Å². The van der Waals surface area contributed by atoms with Crippen LogP contribution in [0.5, 0.6) is 0 Å². The van der Waals surface area contributed by atoms with Crippen LogP contribution in [0.3, 0.4) is 0 Å². The molecule has 0 unspecified atom stereocenters. The molecule has 9 heteroatoms. The number of rotatable bonds is 5. The zero-order valence-electron chi connectivity index (χ0n) is 16.6. The van der Waals surface area contributed by atoms with Gasteiger partial charge in [-0.25, -0.2) is 22.2 Å². The van der Waals surface area contributed by atoms with Gasteiger partial charge in [-0.2, -0.15) is 4.31 Å². The van der Waals surface area contributed by atoms with Crippen molar-refractivity contribution < 1.29 is 17.2 Å². The van der Waals surface area contributed by atoms with Crippen molar-refractivity contribution in [2.45, 2.75) is 23.9 Å². The van der Waals surface area contributed by atoms with E-state index in [-0.39, 0.29) is 41.7 Å². The molecule has 0 spiro atoms. The second-order valence-electron chi connectivity index (χ2n) is 7.57. The summed E-state index contributed by atoms with van der Waals surface area (Å²) < 4.78 is 56.2. The van der Waals surface area contributed by atoms with Gasteiger partial charge in [0.15, 0.2) is 5.03 Å². The normalized spacial score (nSPS) is 19.9. The molecule has 3 aromatic rings. The molecule has 1 N–H and O–H groups in total. The van der Waals surface area contributed by atoms with Gasteiger partial charge in [0, 0.05) is 44.0 Å². The van der Waals surface area contributed by atoms with E-state index in [1.54, 1.807) is 42.8 Å². The molecule has 1 fully saturated rings. The van der Waals surface area contributed by atoms with E-state index in [0.29, 0.717) is 11.3 Å². The van der Waals surface area contributed by atoms with Crippen LogP contribution >= 0.6 is 0 Å². The van der Waals surface area contributed by atoms with E-state index in [1.807, 2.05) is 0 Å². The summed E-state index contributed by atoms with van der Waals surface area (Å²) in [4.78, 5) is 3.99. The van der Waals surface area contributed by atoms with Crippen LogP contribution in [0.15, 0.2) is 60.0 Å². The molecule has 0 radical (unpaired) electrons. The third-order valence-electron chi connectivity index (χ3n) is 5.38. The number of imidazole rings is 1. The van der Waals surface area contributed by atoms with Gasteiger partial charge in [0.1, 0.15) is 11.6 Å². The second kappa shape index (κ2) is 7.81. The number of nitrogens with one attached hydrogen (secondary N) is 1. The Morgan fingerprint density at radius 1 is 1.10 bits per heavy atom. The van der Waals surface area contributed by atoms with Gasteiger partial charge in [-0.3, -0.25) is 0 Å². The predicted octanol–water partition coefficient (Wildman–Crippen LogP) is 3.28. The van der Waals surface area contributed by atoms with Crippen molar-refractivity contribution in [2.24, 2.45) is 7.05 Å². The van der Waals surface area contributed by atoms with E-state index in [2.05, 4.69) is 10.3 Å². The van der Waals surface area contributed by atoms with Crippen LogP contribution in [0.2, 0.25) is 0 Å². The molecule has 1 saturated heterocycles. The fraction of sp³-hybridized carbons (Fsp3) is 0.286. The first-order valence-corrected chi connectivity index (χ1v) is 10.9. The minimum Gasteiger partial charge on any atom is -0.380 e. The minimum absolute atomic E-state index is 0.0128. The van der Waals surface area contributed by atoms with Crippen molar-refractivity contribution in [1.82, 2.24) is 13.9 Å². The average molecular weight is 432 g/mol. The summed E-state index contributed by atoms with van der Waals surface area (Å²) in [5.74, 6) is -0.871. The molecule has 158 valence electrons. The molecule has 0 aliphatic carbocycles. The summed E-state index contributed by atoms with van der Waals surface area (Å²) in [6, 6.07) is 10.5. The van der Waals surface area contributed by atoms with Crippen molar-refractivity contribution in [1.29, 1.82) is 0 Å². The Kier molecular flexibility index (Phi) is 5.33. The van der Waals surface area contributed by atoms with Crippen molar-refractivity contribution in [3.63, 3.8) is 0 Å². The quantitative estimate of drug-likeness (QED) is 0.672. The van der Waals surface area contributed by atoms with Gasteiger partial charge < -0.3 is 9.88 Å². The smallest absolute Gasteiger partial charge is 0.262 e. The monoisotopic (exact) mass is 432 g/mol. The second-order valence-corrected chi connectivity index (χ2v) is 9.46. The number of aromatic nitrogens is 2. The minimum atomic E-state index is -3.78. The lowest BCUT2D eigenvalue weighted by molar-refractivity contribution is 0.468. The molecule has 6 nitrogen and oxygen atoms in total. The summed E-state index contributed by atoms with van der Waals surface area (Å²) in [6.07, 6.45) is 2.91. The SMILES string of the molecule is Cc1cc(N[C@H]2CN(S(=O)(=O)c3cn(C)cn3)C[C@@H]2c2ccc(F)cc2)ccc1F. The largest absolute Gasteiger partial charge is 0.380 e. The molecule has 1 aliphatic rings. The highest BCUT2D eigenvalue weighted by atomic mass is 32.2. The third kappa shape index (κ3) is 3.95. The Labute approximate surface area is 174 Å². The predicted molar refractivity (Wildman–Crippen MR) is 110 cm³/mol. The molecule has 0 amide bonds. The lowest BCUT2D eigenvalue weighted by Crippen LogP contribution is -2.32. The number of sulfonamides is 1. The lowest BCUT2D eigenvalue weighted by atomic mass is 9.94. The highest BCUT2D eigenvalue weighted by Gasteiger charge is 2.41. The van der Waals surface area contributed by atoms with Gasteiger partial charge in [-0.05, 0) is 48.4 Å². The molecule has 4 rings (SSSR count). The van der Waals surface area contributed by atoms with Crippen LogP contribution in [0, 0.1) is 18.6 Å². The summed E-state index contributed by atoms with van der Waals surface area (Å²) in [6.45, 7) is 2.10. The Morgan fingerprint density at radius 2 is 1.83 bits per heavy atom. The first-order valence-electron chi connectivity index (χ1n) is 9.50. The molecular formula is C21H22F2N4O2S. The number of benzene rings is 2. The zero-order valence-corrected chi connectivity index (χ0v) is 17.4. The topological polar surface area (TPSA) is 67.2 Å². The van der Waals surface area contributed by atoms with Crippen LogP contribution in [0.1, 0.15) is 17.0 Å². The van der Waals surface area contributed by atoms with Crippen molar-refractivity contribution in [3.8, 4) is 0 Å². The number of hydrogen-bond acceptors (Lipinski definition) is 4. The number of anilines is 1. The number of aryl methyl sites for hydroxylation is 2. The van der Waals surface area contributed by atoms with E-state index in [1.165, 1.54) is 35.0 Å². The standard InChI is InChI=1S/C21H22F2N4O2S/c1-14-9-17(7-8-19(14)23)25-20-11-27(30(28,29)21-12-26(2)13-24-21)10-18(20)15-3-5-16(22)6-4-15/h3-9,12-13,18,20,25H,10-11H2,1-2H3/t18-,20+/m1/s1. The Morgan fingerprint density at radius 3 is 2.47 bits per heavy atom. The Bertz CT molecular complexity index is 1160. The van der Waals surface area contributed by atoms with E-state index < -0.39 is 10.0 Å². The van der Waals surface area contributed by atoms with E-state index in [4.69, 9.17) is 0 Å². The summed E-state index contributed by atoms with van der Waals surface area (Å²) in [5.41, 5.74) is 2.02. The maximum atomic E-state index is 13.6. The van der Waals surface area contributed by atoms with Crippen LogP contribution in [0.4, 0.5) is 14.5 Å². The number of hydrogen-bond donors (Lipinski definition) is 1. The van der Waals surface area contributed by atoms with Gasteiger partial charge in [-0.1, -0.05) is 12.1 Å². The average Bonchev–Trinajstić information content (AvgIpc) is 3.33. The molecule has 1 aliphatic heterocycles. The highest BCUT2D eigenvalue weighted by Crippen LogP contribution is 2.33. The first kappa shape index (κ1) is 20.5. The Balaban J connectivity index is 1.66. The molecule has 30 heavy (non-hydrogen) atoms. The molecule has 0 bridgehead atoms. The molecular weight excluding hydrogens is 410 g/mol. The van der Waals surface area contributed by atoms with Gasteiger partial charge >= 0.3 is 0 Å². The fourth-order valence-corrected chi connectivity index (χ4v) is 5.22. The number of halogens is 2. The summed E-state index contributed by atoms with van der Waals surface area (Å²) in [7, 11) is -2.07. The van der Waals surface area contributed by atoms with Crippen molar-refractivity contribution in [3.05, 3.63) is 77.8 Å². The van der Waals surface area contributed by atoms with Crippen LogP contribution in [0.25, 0.3) is 0 Å². The van der Waals surface area contributed by atoms with Crippen LogP contribution in [-0.2, 0) is 17.1 Å². The Hall–Kier alpha value is -2.78. The molecule has 2 atom stereocenters. The maximum absolute atomic E-state index is 13.6. The lowest BCUT2D eigenvalue weighted by Gasteiger charge is -2.21. The van der Waals surface area contributed by atoms with E-state index in [0.717, 1.165) is 5.56 Å². The summed E-state index contributed by atoms with van der Waals surface area (Å²) in [5, 5.41) is 3.33. The van der Waals surface area contributed by atoms with Crippen LogP contribution < -0.4 is 5.32 Å². The van der Waals surface area contributed by atoms with Crippen LogP contribution in [-0.4, -0.2) is 41.4 Å². The van der Waals surface area contributed by atoms with Gasteiger partial charge in [-0.15, -0.1) is 0 Å². The van der Waals surface area contributed by atoms with Gasteiger partial charge in [0.05, 0.1) is 6.33 Å². The number of nitrogens with zero attached hydrogens (tertiary/aromatic N) is 3. The zero-order chi connectivity index (χ0) is 21.5. The summed E-state index contributed by atoms with van der Waals surface area (Å²) >= 11 is 0. The van der Waals surface area contributed by atoms with E-state index in [9.17, 15) is 17.2 Å². The molecule has 2 heterocycles. The van der Waals surface area contributed by atoms with Gasteiger partial charge in [0.25, 0.3) is 10.0 Å². The molecule has 1 aromatic heterocycles. The maximum Gasteiger partial charge on any atom is 0.262 e. The third-order valence-corrected chi connectivity index (χ3v) is 7.10. The first-order chi connectivity index (χ1) is 14.2.